The minimum Gasteiger partial charge on any atom is -0.497 e. The maximum absolute atomic E-state index is 13.2. The number of carbonyl (C=O) groups excluding carboxylic acids is 1. The zero-order valence-corrected chi connectivity index (χ0v) is 20.0. The largest absolute Gasteiger partial charge is 0.497 e. The Morgan fingerprint density at radius 3 is 2.21 bits per heavy atom. The van der Waals surface area contributed by atoms with E-state index in [-0.39, 0.29) is 24.6 Å². The molecule has 0 aliphatic heterocycles. The Morgan fingerprint density at radius 2 is 1.65 bits per heavy atom. The summed E-state index contributed by atoms with van der Waals surface area (Å²) in [6.07, 6.45) is 2.46. The Kier molecular flexibility index (Phi) is 7.90. The van der Waals surface area contributed by atoms with Gasteiger partial charge >= 0.3 is 16.1 Å². The van der Waals surface area contributed by atoms with Gasteiger partial charge < -0.3 is 33.0 Å². The molecule has 0 saturated carbocycles. The number of amides is 2. The lowest BCUT2D eigenvalue weighted by molar-refractivity contribution is 0.201. The number of furan rings is 1. The van der Waals surface area contributed by atoms with E-state index >= 15 is 0 Å². The van der Waals surface area contributed by atoms with Crippen LogP contribution in [-0.2, 0) is 23.2 Å². The van der Waals surface area contributed by atoms with Crippen LogP contribution in [0, 0.1) is 0 Å². The average Bonchev–Trinajstić information content (AvgIpc) is 3.30. The van der Waals surface area contributed by atoms with Gasteiger partial charge in [0.1, 0.15) is 17.3 Å². The molecule has 1 N–H and O–H groups in total. The predicted octanol–water partition coefficient (Wildman–Crippen LogP) is 3.88. The van der Waals surface area contributed by atoms with Gasteiger partial charge in [-0.3, -0.25) is 0 Å². The Balaban J connectivity index is 1.88. The van der Waals surface area contributed by atoms with Crippen molar-refractivity contribution in [3.05, 3.63) is 66.1 Å². The first-order chi connectivity index (χ1) is 16.2. The molecule has 2 amide bonds. The quantitative estimate of drug-likeness (QED) is 0.426. The third-order valence-corrected chi connectivity index (χ3v) is 5.14. The van der Waals surface area contributed by atoms with E-state index in [0.717, 1.165) is 6.26 Å². The van der Waals surface area contributed by atoms with Crippen LogP contribution in [0.1, 0.15) is 11.3 Å². The second-order valence-corrected chi connectivity index (χ2v) is 8.81. The fraction of sp³-hybridized carbons (Fsp3) is 0.261. The third-order valence-electron chi connectivity index (χ3n) is 4.66. The molecule has 0 fully saturated rings. The van der Waals surface area contributed by atoms with Crippen LogP contribution < -0.4 is 23.7 Å². The molecular weight excluding hydrogens is 464 g/mol. The Morgan fingerprint density at radius 1 is 0.941 bits per heavy atom. The van der Waals surface area contributed by atoms with E-state index in [1.165, 1.54) is 38.6 Å². The van der Waals surface area contributed by atoms with Crippen LogP contribution in [0.5, 0.6) is 23.0 Å². The second-order valence-electron chi connectivity index (χ2n) is 7.24. The van der Waals surface area contributed by atoms with E-state index in [0.29, 0.717) is 28.5 Å². The molecule has 1 aromatic heterocycles. The van der Waals surface area contributed by atoms with Crippen LogP contribution in [0.4, 0.5) is 10.5 Å². The summed E-state index contributed by atoms with van der Waals surface area (Å²) in [5.41, 5.74) is 1.09. The van der Waals surface area contributed by atoms with Crippen molar-refractivity contribution in [1.82, 2.24) is 4.90 Å². The zero-order chi connectivity index (χ0) is 24.7. The normalized spacial score (nSPS) is 10.9. The Bertz CT molecular complexity index is 1200. The van der Waals surface area contributed by atoms with Crippen LogP contribution >= 0.6 is 0 Å². The number of urea groups is 1. The highest BCUT2D eigenvalue weighted by Gasteiger charge is 2.19. The number of carbonyl (C=O) groups is 1. The lowest BCUT2D eigenvalue weighted by atomic mass is 10.2. The second kappa shape index (κ2) is 10.8. The maximum Gasteiger partial charge on any atom is 0.322 e. The maximum atomic E-state index is 13.2. The van der Waals surface area contributed by atoms with Crippen molar-refractivity contribution >= 4 is 21.8 Å². The van der Waals surface area contributed by atoms with Crippen LogP contribution in [0.15, 0.2) is 59.2 Å². The monoisotopic (exact) mass is 490 g/mol. The number of rotatable bonds is 10. The number of nitrogens with one attached hydrogen (secondary N) is 1. The van der Waals surface area contributed by atoms with E-state index in [4.69, 9.17) is 22.8 Å². The van der Waals surface area contributed by atoms with Gasteiger partial charge in [-0.2, -0.15) is 8.42 Å². The van der Waals surface area contributed by atoms with Crippen LogP contribution in [0.2, 0.25) is 0 Å². The molecule has 10 nitrogen and oxygen atoms in total. The molecule has 0 saturated heterocycles. The van der Waals surface area contributed by atoms with E-state index < -0.39 is 16.1 Å². The summed E-state index contributed by atoms with van der Waals surface area (Å²) in [5.74, 6) is 1.88. The fourth-order valence-corrected chi connectivity index (χ4v) is 3.60. The standard InChI is InChI=1S/C23H26N2O8S/c1-29-19-11-17(12-20(13-19)30-2)24-23(26)25(15-18-6-5-9-32-18)14-16-7-8-21(31-3)22(10-16)33-34(4,27)28/h5-13H,14-15H2,1-4H3,(H,24,26). The van der Waals surface area contributed by atoms with Crippen molar-refractivity contribution < 1.29 is 36.0 Å². The first kappa shape index (κ1) is 24.8. The number of anilines is 1. The molecule has 1 heterocycles. The summed E-state index contributed by atoms with van der Waals surface area (Å²) in [6.45, 7) is 0.284. The molecule has 0 spiro atoms. The number of ether oxygens (including phenoxy) is 3. The van der Waals surface area contributed by atoms with Crippen molar-refractivity contribution in [3.8, 4) is 23.0 Å². The average molecular weight is 491 g/mol. The molecule has 3 rings (SSSR count). The topological polar surface area (TPSA) is 117 Å². The number of hydrogen-bond donors (Lipinski definition) is 1. The molecule has 2 aromatic carbocycles. The molecular formula is C23H26N2O8S. The van der Waals surface area contributed by atoms with E-state index in [1.807, 2.05) is 0 Å². The lowest BCUT2D eigenvalue weighted by Gasteiger charge is -2.23. The first-order valence-corrected chi connectivity index (χ1v) is 11.9. The molecule has 0 bridgehead atoms. The lowest BCUT2D eigenvalue weighted by Crippen LogP contribution is -2.34. The highest BCUT2D eigenvalue weighted by molar-refractivity contribution is 7.86. The van der Waals surface area contributed by atoms with Crippen molar-refractivity contribution in [2.24, 2.45) is 0 Å². The van der Waals surface area contributed by atoms with Crippen molar-refractivity contribution in [3.63, 3.8) is 0 Å². The summed E-state index contributed by atoms with van der Waals surface area (Å²) in [4.78, 5) is 14.7. The summed E-state index contributed by atoms with van der Waals surface area (Å²) in [7, 11) is 0.663. The highest BCUT2D eigenvalue weighted by atomic mass is 32.2. The van der Waals surface area contributed by atoms with Crippen molar-refractivity contribution in [1.29, 1.82) is 0 Å². The predicted molar refractivity (Wildman–Crippen MR) is 125 cm³/mol. The smallest absolute Gasteiger partial charge is 0.322 e. The molecule has 3 aromatic rings. The van der Waals surface area contributed by atoms with Gasteiger partial charge in [0.05, 0.1) is 40.4 Å². The van der Waals surface area contributed by atoms with Crippen LogP contribution in [0.3, 0.4) is 0 Å². The minimum atomic E-state index is -3.78. The number of nitrogens with zero attached hydrogens (tertiary/aromatic N) is 1. The Hall–Kier alpha value is -3.86. The third kappa shape index (κ3) is 6.82. The first-order valence-electron chi connectivity index (χ1n) is 10.1. The van der Waals surface area contributed by atoms with Gasteiger partial charge in [0.25, 0.3) is 0 Å². The summed E-state index contributed by atoms with van der Waals surface area (Å²) < 4.78 is 49.5. The molecule has 0 aliphatic rings. The van der Waals surface area contributed by atoms with E-state index in [9.17, 15) is 13.2 Å². The Labute approximate surface area is 198 Å². The van der Waals surface area contributed by atoms with Gasteiger partial charge in [0, 0.05) is 30.4 Å². The van der Waals surface area contributed by atoms with Gasteiger partial charge in [0.2, 0.25) is 0 Å². The molecule has 0 atom stereocenters. The van der Waals surface area contributed by atoms with Gasteiger partial charge in [0.15, 0.2) is 11.5 Å². The van der Waals surface area contributed by atoms with Gasteiger partial charge in [-0.15, -0.1) is 0 Å². The molecule has 11 heteroatoms. The molecule has 0 radical (unpaired) electrons. The highest BCUT2D eigenvalue weighted by Crippen LogP contribution is 2.30. The van der Waals surface area contributed by atoms with E-state index in [1.54, 1.807) is 42.5 Å². The van der Waals surface area contributed by atoms with Crippen molar-refractivity contribution in [2.45, 2.75) is 13.1 Å². The van der Waals surface area contributed by atoms with Crippen LogP contribution in [0.25, 0.3) is 0 Å². The summed E-state index contributed by atoms with van der Waals surface area (Å²) in [6, 6.07) is 12.9. The SMILES string of the molecule is COc1cc(NC(=O)N(Cc2ccc(OC)c(OS(C)(=O)=O)c2)Cc2ccco2)cc(OC)c1. The van der Waals surface area contributed by atoms with Gasteiger partial charge in [-0.25, -0.2) is 4.79 Å². The minimum absolute atomic E-state index is 0.0263. The molecule has 0 unspecified atom stereocenters. The van der Waals surface area contributed by atoms with Gasteiger partial charge in [-0.1, -0.05) is 6.07 Å². The number of methoxy groups -OCH3 is 3. The van der Waals surface area contributed by atoms with E-state index in [2.05, 4.69) is 5.32 Å². The summed E-state index contributed by atoms with van der Waals surface area (Å²) in [5, 5.41) is 2.83. The fourth-order valence-electron chi connectivity index (χ4n) is 3.14. The molecule has 0 aliphatic carbocycles. The number of benzene rings is 2. The molecule has 182 valence electrons. The van der Waals surface area contributed by atoms with Crippen molar-refractivity contribution in [2.75, 3.05) is 32.9 Å². The zero-order valence-electron chi connectivity index (χ0n) is 19.2. The van der Waals surface area contributed by atoms with Gasteiger partial charge in [-0.05, 0) is 29.8 Å². The summed E-state index contributed by atoms with van der Waals surface area (Å²) >= 11 is 0. The number of hydrogen-bond acceptors (Lipinski definition) is 8. The molecule has 34 heavy (non-hydrogen) atoms. The van der Waals surface area contributed by atoms with Crippen LogP contribution in [-0.4, -0.2) is 46.9 Å².